The molecule has 5 heteroatoms. The molecule has 0 bridgehead atoms. The van der Waals surface area contributed by atoms with E-state index in [4.69, 9.17) is 5.11 Å². The van der Waals surface area contributed by atoms with Gasteiger partial charge in [-0.25, -0.2) is 0 Å². The first kappa shape index (κ1) is 14.2. The third kappa shape index (κ3) is 3.06. The summed E-state index contributed by atoms with van der Waals surface area (Å²) in [7, 11) is 0. The smallest absolute Gasteiger partial charge is 0.303 e. The van der Waals surface area contributed by atoms with E-state index in [0.717, 1.165) is 6.42 Å². The molecule has 2 atom stereocenters. The van der Waals surface area contributed by atoms with E-state index in [-0.39, 0.29) is 26.8 Å². The third-order valence-electron chi connectivity index (χ3n) is 3.47. The zero-order valence-corrected chi connectivity index (χ0v) is 12.6. The van der Waals surface area contributed by atoms with Crippen LogP contribution < -0.4 is 0 Å². The van der Waals surface area contributed by atoms with Gasteiger partial charge in [-0.2, -0.15) is 0 Å². The van der Waals surface area contributed by atoms with Crippen molar-refractivity contribution in [3.8, 4) is 0 Å². The first-order valence-electron chi connectivity index (χ1n) is 5.28. The molecule has 0 spiro atoms. The van der Waals surface area contributed by atoms with Gasteiger partial charge in [-0.15, -0.1) is 0 Å². The molecule has 3 nitrogen and oxygen atoms in total. The van der Waals surface area contributed by atoms with Gasteiger partial charge < -0.3 is 9.90 Å². The Labute approximate surface area is 112 Å². The Kier molecular flexibility index (Phi) is 4.22. The predicted octanol–water partition coefficient (Wildman–Crippen LogP) is 3.34. The SMILES string of the molecule is CC(=O)CC[C@H](CC(=O)O)[C@]1(C)CC1(Br)Br. The van der Waals surface area contributed by atoms with Crippen molar-refractivity contribution in [2.45, 2.75) is 42.8 Å². The van der Waals surface area contributed by atoms with E-state index in [1.807, 2.05) is 0 Å². The average Bonchev–Trinajstić information content (AvgIpc) is 2.60. The molecular weight excluding hydrogens is 340 g/mol. The van der Waals surface area contributed by atoms with Crippen LogP contribution in [0.2, 0.25) is 0 Å². The highest BCUT2D eigenvalue weighted by molar-refractivity contribution is 9.25. The number of halogens is 2. The zero-order chi connectivity index (χ0) is 12.6. The molecule has 0 unspecified atom stereocenters. The molecule has 1 aliphatic carbocycles. The molecule has 1 rings (SSSR count). The maximum absolute atomic E-state index is 11.0. The van der Waals surface area contributed by atoms with E-state index < -0.39 is 5.97 Å². The summed E-state index contributed by atoms with van der Waals surface area (Å²) in [6.07, 6.45) is 2.14. The monoisotopic (exact) mass is 354 g/mol. The Balaban J connectivity index is 2.65. The molecule has 1 fully saturated rings. The van der Waals surface area contributed by atoms with Gasteiger partial charge in [0.2, 0.25) is 0 Å². The number of rotatable bonds is 6. The summed E-state index contributed by atoms with van der Waals surface area (Å²) in [6.45, 7) is 3.60. The van der Waals surface area contributed by atoms with Crippen LogP contribution in [0, 0.1) is 11.3 Å². The fourth-order valence-corrected chi connectivity index (χ4v) is 3.91. The number of aliphatic carboxylic acids is 1. The lowest BCUT2D eigenvalue weighted by atomic mass is 9.84. The fraction of sp³-hybridized carbons (Fsp3) is 0.818. The van der Waals surface area contributed by atoms with E-state index in [2.05, 4.69) is 38.8 Å². The standard InChI is InChI=1S/C11H16Br2O3/c1-7(14)3-4-8(5-9(15)16)10(2)6-11(10,12)13/h8H,3-6H2,1-2H3,(H,15,16)/t8-,10+/m1/s1. The maximum atomic E-state index is 11.0. The Bertz CT molecular complexity index is 314. The van der Waals surface area contributed by atoms with Gasteiger partial charge in [-0.1, -0.05) is 38.8 Å². The van der Waals surface area contributed by atoms with E-state index in [0.29, 0.717) is 12.8 Å². The highest BCUT2D eigenvalue weighted by atomic mass is 79.9. The molecule has 0 saturated heterocycles. The van der Waals surface area contributed by atoms with Gasteiger partial charge in [0.05, 0.1) is 3.23 Å². The second kappa shape index (κ2) is 4.77. The van der Waals surface area contributed by atoms with Crippen LogP contribution in [0.1, 0.15) is 39.5 Å². The van der Waals surface area contributed by atoms with Crippen LogP contribution in [-0.2, 0) is 9.59 Å². The minimum Gasteiger partial charge on any atom is -0.481 e. The van der Waals surface area contributed by atoms with Crippen LogP contribution in [0.4, 0.5) is 0 Å². The van der Waals surface area contributed by atoms with Crippen LogP contribution in [0.15, 0.2) is 0 Å². The molecule has 0 aromatic rings. The van der Waals surface area contributed by atoms with Crippen LogP contribution >= 0.6 is 31.9 Å². The van der Waals surface area contributed by atoms with Gasteiger partial charge in [0.1, 0.15) is 5.78 Å². The number of carbonyl (C=O) groups excluding carboxylic acids is 1. The number of alkyl halides is 2. The number of Topliss-reactive ketones (excluding diaryl/α,β-unsaturated/α-hetero) is 1. The molecule has 0 aliphatic heterocycles. The molecule has 0 radical (unpaired) electrons. The topological polar surface area (TPSA) is 54.4 Å². The van der Waals surface area contributed by atoms with E-state index in [1.165, 1.54) is 0 Å². The molecule has 0 aromatic heterocycles. The second-order valence-electron chi connectivity index (χ2n) is 4.83. The molecule has 1 saturated carbocycles. The number of carboxylic acid groups (broad SMARTS) is 1. The van der Waals surface area contributed by atoms with Gasteiger partial charge in [0.25, 0.3) is 0 Å². The number of hydrogen-bond acceptors (Lipinski definition) is 2. The predicted molar refractivity (Wildman–Crippen MR) is 69.0 cm³/mol. The molecule has 0 heterocycles. The zero-order valence-electron chi connectivity index (χ0n) is 9.43. The van der Waals surface area contributed by atoms with Crippen LogP contribution in [0.3, 0.4) is 0 Å². The number of hydrogen-bond donors (Lipinski definition) is 1. The number of carbonyl (C=O) groups is 2. The summed E-state index contributed by atoms with van der Waals surface area (Å²) in [5, 5.41) is 8.89. The number of carboxylic acids is 1. The molecule has 16 heavy (non-hydrogen) atoms. The number of ketones is 1. The van der Waals surface area contributed by atoms with Crippen molar-refractivity contribution < 1.29 is 14.7 Å². The Morgan fingerprint density at radius 1 is 1.44 bits per heavy atom. The summed E-state index contributed by atoms with van der Waals surface area (Å²) in [4.78, 5) is 21.8. The molecule has 92 valence electrons. The highest BCUT2D eigenvalue weighted by Crippen LogP contribution is 2.71. The normalized spacial score (nSPS) is 28.5. The largest absolute Gasteiger partial charge is 0.481 e. The van der Waals surface area contributed by atoms with E-state index in [1.54, 1.807) is 6.92 Å². The van der Waals surface area contributed by atoms with Crippen molar-refractivity contribution >= 4 is 43.6 Å². The van der Waals surface area contributed by atoms with Crippen molar-refractivity contribution in [3.05, 3.63) is 0 Å². The summed E-state index contributed by atoms with van der Waals surface area (Å²) in [5.74, 6) is -0.639. The molecular formula is C11H16Br2O3. The lowest BCUT2D eigenvalue weighted by Gasteiger charge is -2.23. The van der Waals surface area contributed by atoms with Crippen LogP contribution in [0.25, 0.3) is 0 Å². The quantitative estimate of drug-likeness (QED) is 0.743. The van der Waals surface area contributed by atoms with Gasteiger partial charge in [0.15, 0.2) is 0 Å². The van der Waals surface area contributed by atoms with Gasteiger partial charge in [-0.05, 0) is 31.1 Å². The van der Waals surface area contributed by atoms with Crippen molar-refractivity contribution in [2.75, 3.05) is 0 Å². The Morgan fingerprint density at radius 2 is 1.94 bits per heavy atom. The van der Waals surface area contributed by atoms with E-state index in [9.17, 15) is 9.59 Å². The minimum absolute atomic E-state index is 0.0349. The second-order valence-corrected chi connectivity index (χ2v) is 8.61. The Morgan fingerprint density at radius 3 is 2.25 bits per heavy atom. The molecule has 0 aromatic carbocycles. The summed E-state index contributed by atoms with van der Waals surface area (Å²) >= 11 is 7.09. The maximum Gasteiger partial charge on any atom is 0.303 e. The molecule has 1 N–H and O–H groups in total. The first-order chi connectivity index (χ1) is 7.19. The minimum atomic E-state index is -0.794. The van der Waals surface area contributed by atoms with Crippen LogP contribution in [0.5, 0.6) is 0 Å². The average molecular weight is 356 g/mol. The van der Waals surface area contributed by atoms with E-state index >= 15 is 0 Å². The van der Waals surface area contributed by atoms with Gasteiger partial charge in [-0.3, -0.25) is 4.79 Å². The molecule has 1 aliphatic rings. The third-order valence-corrected chi connectivity index (χ3v) is 5.84. The van der Waals surface area contributed by atoms with Gasteiger partial charge >= 0.3 is 5.97 Å². The lowest BCUT2D eigenvalue weighted by molar-refractivity contribution is -0.139. The summed E-state index contributed by atoms with van der Waals surface area (Å²) < 4.78 is -0.149. The first-order valence-corrected chi connectivity index (χ1v) is 6.87. The molecule has 0 amide bonds. The fourth-order valence-electron chi connectivity index (χ4n) is 2.09. The lowest BCUT2D eigenvalue weighted by Crippen LogP contribution is -2.22. The van der Waals surface area contributed by atoms with Crippen molar-refractivity contribution in [2.24, 2.45) is 11.3 Å². The van der Waals surface area contributed by atoms with Crippen LogP contribution in [-0.4, -0.2) is 20.1 Å². The van der Waals surface area contributed by atoms with Crippen molar-refractivity contribution in [1.82, 2.24) is 0 Å². The summed E-state index contributed by atoms with van der Waals surface area (Å²) in [5.41, 5.74) is -0.0686. The highest BCUT2D eigenvalue weighted by Gasteiger charge is 2.65. The van der Waals surface area contributed by atoms with Gasteiger partial charge in [0, 0.05) is 12.8 Å². The Hall–Kier alpha value is 0.1000. The summed E-state index contributed by atoms with van der Waals surface area (Å²) in [6, 6.07) is 0. The van der Waals surface area contributed by atoms with Crippen molar-refractivity contribution in [1.29, 1.82) is 0 Å². The van der Waals surface area contributed by atoms with Crippen molar-refractivity contribution in [3.63, 3.8) is 0 Å².